The molecule has 1 N–H and O–H groups in total. The summed E-state index contributed by atoms with van der Waals surface area (Å²) in [5.41, 5.74) is 1.78. The Kier molecular flexibility index (Phi) is 10.4. The zero-order valence-electron chi connectivity index (χ0n) is 18.3. The molecule has 0 saturated carbocycles. The molecular formula is C24H34O5. The molecule has 2 aromatic carbocycles. The number of hydrogen-bond acceptors (Lipinski definition) is 5. The van der Waals surface area contributed by atoms with Crippen LogP contribution in [-0.4, -0.2) is 23.4 Å². The van der Waals surface area contributed by atoms with E-state index in [2.05, 4.69) is 11.8 Å². The fraction of sp³-hybridized carbons (Fsp3) is 0.458. The molecule has 2 rings (SSSR count). The Labute approximate surface area is 174 Å². The quantitative estimate of drug-likeness (QED) is 0.358. The molecule has 0 radical (unpaired) electrons. The van der Waals surface area contributed by atoms with Crippen molar-refractivity contribution < 1.29 is 24.4 Å². The van der Waals surface area contributed by atoms with Crippen molar-refractivity contribution in [2.75, 3.05) is 6.61 Å². The molecule has 0 bridgehead atoms. The monoisotopic (exact) mass is 402 g/mol. The first-order valence-electron chi connectivity index (χ1n) is 9.93. The van der Waals surface area contributed by atoms with E-state index in [9.17, 15) is 4.79 Å². The molecule has 2 atom stereocenters. The van der Waals surface area contributed by atoms with Crippen molar-refractivity contribution >= 4 is 5.97 Å². The third-order valence-corrected chi connectivity index (χ3v) is 4.31. The highest BCUT2D eigenvalue weighted by Gasteiger charge is 2.26. The summed E-state index contributed by atoms with van der Waals surface area (Å²) in [5.74, 6) is 0.544. The van der Waals surface area contributed by atoms with E-state index in [-0.39, 0.29) is 17.8 Å². The van der Waals surface area contributed by atoms with Gasteiger partial charge in [-0.05, 0) is 56.9 Å². The average molecular weight is 403 g/mol. The van der Waals surface area contributed by atoms with E-state index >= 15 is 0 Å². The van der Waals surface area contributed by atoms with Crippen molar-refractivity contribution in [2.24, 2.45) is 5.92 Å². The SMILES string of the molecule is CC(c1ccc(OCc2ccccc2)cc1)[C@@H](C)C(=O)OC(C)(C)C.CCOO. The minimum absolute atomic E-state index is 0.0815. The maximum absolute atomic E-state index is 12.3. The van der Waals surface area contributed by atoms with E-state index < -0.39 is 5.60 Å². The van der Waals surface area contributed by atoms with Crippen LogP contribution in [0.1, 0.15) is 58.6 Å². The van der Waals surface area contributed by atoms with Crippen LogP contribution in [0, 0.1) is 5.92 Å². The minimum atomic E-state index is -0.458. The van der Waals surface area contributed by atoms with E-state index in [1.165, 1.54) is 0 Å². The van der Waals surface area contributed by atoms with Gasteiger partial charge in [0.15, 0.2) is 0 Å². The van der Waals surface area contributed by atoms with Crippen LogP contribution in [-0.2, 0) is 21.0 Å². The molecule has 0 aliphatic heterocycles. The molecule has 0 amide bonds. The Bertz CT molecular complexity index is 702. The van der Waals surface area contributed by atoms with E-state index in [1.54, 1.807) is 6.92 Å². The molecule has 0 aromatic heterocycles. The normalized spacial score (nSPS) is 12.9. The molecule has 0 spiro atoms. The summed E-state index contributed by atoms with van der Waals surface area (Å²) >= 11 is 0. The first kappa shape index (κ1) is 24.7. The lowest BCUT2D eigenvalue weighted by Crippen LogP contribution is -2.29. The second-order valence-corrected chi connectivity index (χ2v) is 7.87. The summed E-state index contributed by atoms with van der Waals surface area (Å²) < 4.78 is 11.3. The molecule has 2 aromatic rings. The molecule has 5 nitrogen and oxygen atoms in total. The summed E-state index contributed by atoms with van der Waals surface area (Å²) in [4.78, 5) is 15.8. The van der Waals surface area contributed by atoms with Gasteiger partial charge in [-0.3, -0.25) is 10.1 Å². The highest BCUT2D eigenvalue weighted by atomic mass is 17.1. The van der Waals surface area contributed by atoms with Gasteiger partial charge in [0.2, 0.25) is 0 Å². The molecule has 0 heterocycles. The lowest BCUT2D eigenvalue weighted by molar-refractivity contribution is -0.237. The Morgan fingerprint density at radius 2 is 1.55 bits per heavy atom. The molecule has 0 aliphatic rings. The second kappa shape index (κ2) is 12.2. The van der Waals surface area contributed by atoms with Gasteiger partial charge in [-0.2, -0.15) is 0 Å². The number of carbonyl (C=O) groups is 1. The standard InChI is InChI=1S/C22H28O3.C2H6O2/c1-16(17(2)21(23)25-22(3,4)5)19-11-13-20(14-12-19)24-15-18-9-7-6-8-10-18;1-2-4-3/h6-14,16-17H,15H2,1-5H3;3H,2H2,1H3/t16?,17-;/m1./s1. The Morgan fingerprint density at radius 1 is 1.00 bits per heavy atom. The number of esters is 1. The summed E-state index contributed by atoms with van der Waals surface area (Å²) in [6.45, 7) is 12.3. The molecule has 0 fully saturated rings. The molecular weight excluding hydrogens is 368 g/mol. The van der Waals surface area contributed by atoms with Gasteiger partial charge >= 0.3 is 5.97 Å². The molecule has 29 heavy (non-hydrogen) atoms. The van der Waals surface area contributed by atoms with Gasteiger partial charge in [0.05, 0.1) is 12.5 Å². The molecule has 0 saturated heterocycles. The minimum Gasteiger partial charge on any atom is -0.489 e. The lowest BCUT2D eigenvalue weighted by atomic mass is 9.89. The molecule has 160 valence electrons. The highest BCUT2D eigenvalue weighted by Crippen LogP contribution is 2.28. The molecule has 5 heteroatoms. The van der Waals surface area contributed by atoms with Crippen LogP contribution in [0.5, 0.6) is 5.75 Å². The van der Waals surface area contributed by atoms with Crippen LogP contribution in [0.15, 0.2) is 54.6 Å². The van der Waals surface area contributed by atoms with E-state index in [4.69, 9.17) is 14.7 Å². The Morgan fingerprint density at radius 3 is 2.03 bits per heavy atom. The molecule has 1 unspecified atom stereocenters. The van der Waals surface area contributed by atoms with Crippen molar-refractivity contribution in [3.8, 4) is 5.75 Å². The number of rotatable bonds is 7. The third kappa shape index (κ3) is 9.59. The predicted octanol–water partition coefficient (Wildman–Crippen LogP) is 5.84. The third-order valence-electron chi connectivity index (χ3n) is 4.31. The van der Waals surface area contributed by atoms with Gasteiger partial charge in [0.25, 0.3) is 0 Å². The van der Waals surface area contributed by atoms with Gasteiger partial charge in [0, 0.05) is 0 Å². The van der Waals surface area contributed by atoms with Gasteiger partial charge in [-0.1, -0.05) is 56.3 Å². The predicted molar refractivity (Wildman–Crippen MR) is 115 cm³/mol. The van der Waals surface area contributed by atoms with Crippen LogP contribution >= 0.6 is 0 Å². The van der Waals surface area contributed by atoms with Crippen molar-refractivity contribution in [2.45, 2.75) is 59.7 Å². The topological polar surface area (TPSA) is 65.0 Å². The van der Waals surface area contributed by atoms with Crippen molar-refractivity contribution in [1.82, 2.24) is 0 Å². The summed E-state index contributed by atoms with van der Waals surface area (Å²) in [6, 6.07) is 18.0. The maximum Gasteiger partial charge on any atom is 0.309 e. The van der Waals surface area contributed by atoms with E-state index in [1.807, 2.05) is 82.3 Å². The number of ether oxygens (including phenoxy) is 2. The van der Waals surface area contributed by atoms with Crippen LogP contribution in [0.3, 0.4) is 0 Å². The summed E-state index contributed by atoms with van der Waals surface area (Å²) in [6.07, 6.45) is 0. The fourth-order valence-corrected chi connectivity index (χ4v) is 2.50. The number of hydrogen-bond donors (Lipinski definition) is 1. The second-order valence-electron chi connectivity index (χ2n) is 7.87. The summed E-state index contributed by atoms with van der Waals surface area (Å²) in [5, 5.41) is 7.38. The molecule has 0 aliphatic carbocycles. The zero-order chi connectivity index (χ0) is 21.9. The first-order chi connectivity index (χ1) is 13.7. The first-order valence-corrected chi connectivity index (χ1v) is 9.93. The van der Waals surface area contributed by atoms with Crippen molar-refractivity contribution in [3.63, 3.8) is 0 Å². The summed E-state index contributed by atoms with van der Waals surface area (Å²) in [7, 11) is 0. The van der Waals surface area contributed by atoms with Crippen LogP contribution < -0.4 is 4.74 Å². The largest absolute Gasteiger partial charge is 0.489 e. The Balaban J connectivity index is 0.000000960. The van der Waals surface area contributed by atoms with E-state index in [0.29, 0.717) is 13.2 Å². The van der Waals surface area contributed by atoms with E-state index in [0.717, 1.165) is 16.9 Å². The van der Waals surface area contributed by atoms with Crippen LogP contribution in [0.4, 0.5) is 0 Å². The lowest BCUT2D eigenvalue weighted by Gasteiger charge is -2.25. The highest BCUT2D eigenvalue weighted by molar-refractivity contribution is 5.73. The van der Waals surface area contributed by atoms with Crippen LogP contribution in [0.25, 0.3) is 0 Å². The average Bonchev–Trinajstić information content (AvgIpc) is 2.71. The van der Waals surface area contributed by atoms with Crippen molar-refractivity contribution in [3.05, 3.63) is 65.7 Å². The Hall–Kier alpha value is -2.37. The van der Waals surface area contributed by atoms with Gasteiger partial charge in [0.1, 0.15) is 18.0 Å². The number of benzene rings is 2. The zero-order valence-corrected chi connectivity index (χ0v) is 18.3. The smallest absolute Gasteiger partial charge is 0.309 e. The van der Waals surface area contributed by atoms with Gasteiger partial charge in [-0.15, -0.1) is 0 Å². The van der Waals surface area contributed by atoms with Crippen LogP contribution in [0.2, 0.25) is 0 Å². The van der Waals surface area contributed by atoms with Crippen molar-refractivity contribution in [1.29, 1.82) is 0 Å². The number of carbonyl (C=O) groups excluding carboxylic acids is 1. The fourth-order valence-electron chi connectivity index (χ4n) is 2.50. The maximum atomic E-state index is 12.3. The van der Waals surface area contributed by atoms with Gasteiger partial charge < -0.3 is 9.47 Å². The van der Waals surface area contributed by atoms with Gasteiger partial charge in [-0.25, -0.2) is 4.89 Å².